The number of ether oxygens (including phenoxy) is 1. The molecule has 8 heteroatoms. The van der Waals surface area contributed by atoms with Gasteiger partial charge >= 0.3 is 5.97 Å². The lowest BCUT2D eigenvalue weighted by Crippen LogP contribution is -2.64. The van der Waals surface area contributed by atoms with Crippen LogP contribution in [0.5, 0.6) is 0 Å². The summed E-state index contributed by atoms with van der Waals surface area (Å²) < 4.78 is 36.6. The van der Waals surface area contributed by atoms with E-state index >= 15 is 0 Å². The second-order valence-corrected chi connectivity index (χ2v) is 13.8. The molecule has 0 aromatic heterocycles. The van der Waals surface area contributed by atoms with Gasteiger partial charge in [0, 0.05) is 23.2 Å². The van der Waals surface area contributed by atoms with Crippen LogP contribution in [0, 0.1) is 40.9 Å². The maximum absolute atomic E-state index is 13.6. The largest absolute Gasteiger partial charge is 0.460 e. The van der Waals surface area contributed by atoms with E-state index in [9.17, 15) is 23.1 Å². The van der Waals surface area contributed by atoms with Crippen molar-refractivity contribution >= 4 is 21.9 Å². The summed E-state index contributed by atoms with van der Waals surface area (Å²) in [5, 5.41) is 11.6. The number of rotatable bonds is 7. The molecule has 4 rings (SSSR count). The van der Waals surface area contributed by atoms with Gasteiger partial charge in [0.15, 0.2) is 6.61 Å². The van der Waals surface area contributed by atoms with E-state index < -0.39 is 45.7 Å². The molecule has 3 saturated carbocycles. The molecule has 0 amide bonds. The Balaban J connectivity index is 1.69. The highest BCUT2D eigenvalue weighted by atomic mass is 32.2. The third-order valence-electron chi connectivity index (χ3n) is 10.5. The van der Waals surface area contributed by atoms with Crippen LogP contribution in [0.2, 0.25) is 0 Å². The van der Waals surface area contributed by atoms with Crippen molar-refractivity contribution < 1.29 is 32.0 Å². The van der Waals surface area contributed by atoms with Crippen LogP contribution in [0.15, 0.2) is 41.8 Å². The van der Waals surface area contributed by atoms with Crippen LogP contribution in [0.1, 0.15) is 71.8 Å². The van der Waals surface area contributed by atoms with Gasteiger partial charge < -0.3 is 9.84 Å². The number of hydrogen-bond acceptors (Lipinski definition) is 7. The normalized spacial score (nSPS) is 39.1. The van der Waals surface area contributed by atoms with Crippen molar-refractivity contribution in [2.45, 2.75) is 90.2 Å². The summed E-state index contributed by atoms with van der Waals surface area (Å²) in [5.41, 5.74) is -0.867. The lowest BCUT2D eigenvalue weighted by Gasteiger charge is -2.62. The summed E-state index contributed by atoms with van der Waals surface area (Å²) in [6, 6.07) is 6.19. The molecule has 210 valence electrons. The predicted octanol–water partition coefficient (Wildman–Crippen LogP) is 5.00. The maximum atomic E-state index is 13.6. The van der Waals surface area contributed by atoms with E-state index in [2.05, 4.69) is 20.4 Å². The van der Waals surface area contributed by atoms with Crippen molar-refractivity contribution in [3.8, 4) is 0 Å². The van der Waals surface area contributed by atoms with Crippen LogP contribution in [0.25, 0.3) is 0 Å². The first-order valence-electron chi connectivity index (χ1n) is 13.8. The third kappa shape index (κ3) is 4.46. The molecule has 2 bridgehead atoms. The van der Waals surface area contributed by atoms with E-state index in [-0.39, 0.29) is 40.3 Å². The minimum atomic E-state index is -4.15. The lowest BCUT2D eigenvalue weighted by atomic mass is 9.42. The van der Waals surface area contributed by atoms with Gasteiger partial charge in [-0.2, -0.15) is 8.42 Å². The molecule has 0 spiro atoms. The Kier molecular flexibility index (Phi) is 7.76. The van der Waals surface area contributed by atoms with E-state index in [4.69, 9.17) is 8.92 Å². The summed E-state index contributed by atoms with van der Waals surface area (Å²) in [5.74, 6) is -0.988. The molecule has 7 nitrogen and oxygen atoms in total. The minimum absolute atomic E-state index is 0.0366. The van der Waals surface area contributed by atoms with E-state index in [1.807, 2.05) is 20.8 Å². The van der Waals surface area contributed by atoms with Gasteiger partial charge in [0.1, 0.15) is 11.9 Å². The van der Waals surface area contributed by atoms with Gasteiger partial charge in [-0.3, -0.25) is 8.98 Å². The van der Waals surface area contributed by atoms with Crippen LogP contribution in [-0.4, -0.2) is 44.1 Å². The molecular formula is C30H42O7S. The van der Waals surface area contributed by atoms with E-state index in [0.29, 0.717) is 12.8 Å². The number of benzene rings is 1. The molecule has 38 heavy (non-hydrogen) atoms. The maximum Gasteiger partial charge on any atom is 0.333 e. The number of aliphatic hydroxyl groups excluding tert-OH is 1. The molecule has 3 fully saturated rings. The van der Waals surface area contributed by atoms with Crippen molar-refractivity contribution in [3.05, 3.63) is 42.5 Å². The zero-order valence-corrected chi connectivity index (χ0v) is 24.1. The average Bonchev–Trinajstić information content (AvgIpc) is 3.24. The number of Topliss-reactive ketones (excluding diaryl/α,β-unsaturated/α-hetero) is 1. The van der Waals surface area contributed by atoms with Gasteiger partial charge in [0.05, 0.1) is 11.0 Å². The molecule has 0 aliphatic heterocycles. The monoisotopic (exact) mass is 546 g/mol. The Labute approximate surface area is 227 Å². The van der Waals surface area contributed by atoms with Gasteiger partial charge in [0.25, 0.3) is 10.1 Å². The van der Waals surface area contributed by atoms with Crippen molar-refractivity contribution in [2.75, 3.05) is 6.61 Å². The zero-order chi connectivity index (χ0) is 28.1. The van der Waals surface area contributed by atoms with Gasteiger partial charge in [-0.15, -0.1) is 6.58 Å². The average molecular weight is 547 g/mol. The van der Waals surface area contributed by atoms with E-state index in [0.717, 1.165) is 24.8 Å². The molecular weight excluding hydrogens is 504 g/mol. The number of aliphatic hydroxyl groups is 1. The Morgan fingerprint density at radius 3 is 2.47 bits per heavy atom. The molecule has 1 aromatic rings. The SMILES string of the molecule is C=C[C@]1(C)C[C@@H](OC(=O)COS(=O)(=O)c2ccc(C)cc2)[C@]2(CC)C(C)CC[C@]3(CCC(=O)[C@H]32)[C@@H](C)[C@@H]1O. The molecule has 0 heterocycles. The molecule has 0 saturated heterocycles. The first kappa shape index (κ1) is 29.0. The predicted molar refractivity (Wildman–Crippen MR) is 144 cm³/mol. The molecule has 1 N–H and O–H groups in total. The van der Waals surface area contributed by atoms with E-state index in [1.54, 1.807) is 18.2 Å². The van der Waals surface area contributed by atoms with Crippen LogP contribution in [-0.2, 0) is 28.6 Å². The highest BCUT2D eigenvalue weighted by Crippen LogP contribution is 2.69. The highest BCUT2D eigenvalue weighted by molar-refractivity contribution is 7.86. The van der Waals surface area contributed by atoms with E-state index in [1.165, 1.54) is 12.1 Å². The Bertz CT molecular complexity index is 1190. The van der Waals surface area contributed by atoms with Gasteiger partial charge in [-0.25, -0.2) is 4.79 Å². The molecule has 8 atom stereocenters. The lowest BCUT2D eigenvalue weighted by molar-refractivity contribution is -0.213. The Morgan fingerprint density at radius 2 is 1.87 bits per heavy atom. The number of esters is 1. The smallest absolute Gasteiger partial charge is 0.333 e. The summed E-state index contributed by atoms with van der Waals surface area (Å²) in [6.07, 6.45) is 4.06. The van der Waals surface area contributed by atoms with Gasteiger partial charge in [0.2, 0.25) is 0 Å². The quantitative estimate of drug-likeness (QED) is 0.291. The molecule has 1 aromatic carbocycles. The Hall–Kier alpha value is -2.03. The van der Waals surface area contributed by atoms with Crippen LogP contribution >= 0.6 is 0 Å². The molecule has 0 radical (unpaired) electrons. The van der Waals surface area contributed by atoms with Crippen molar-refractivity contribution in [1.82, 2.24) is 0 Å². The van der Waals surface area contributed by atoms with Crippen LogP contribution in [0.4, 0.5) is 0 Å². The summed E-state index contributed by atoms with van der Waals surface area (Å²) in [6.45, 7) is 13.3. The number of aryl methyl sites for hydroxylation is 1. The highest BCUT2D eigenvalue weighted by Gasteiger charge is 2.69. The summed E-state index contributed by atoms with van der Waals surface area (Å²) >= 11 is 0. The number of hydrogen-bond donors (Lipinski definition) is 1. The second kappa shape index (κ2) is 10.2. The van der Waals surface area contributed by atoms with Crippen molar-refractivity contribution in [1.29, 1.82) is 0 Å². The fourth-order valence-electron chi connectivity index (χ4n) is 8.15. The number of ketones is 1. The molecule has 3 aliphatic carbocycles. The van der Waals surface area contributed by atoms with Crippen molar-refractivity contribution in [2.24, 2.45) is 34.0 Å². The first-order valence-corrected chi connectivity index (χ1v) is 15.2. The summed E-state index contributed by atoms with van der Waals surface area (Å²) in [7, 11) is -4.15. The minimum Gasteiger partial charge on any atom is -0.460 e. The fraction of sp³-hybridized carbons (Fsp3) is 0.667. The molecule has 3 aliphatic rings. The number of carbonyl (C=O) groups excluding carboxylic acids is 2. The van der Waals surface area contributed by atoms with Gasteiger partial charge in [-0.05, 0) is 68.4 Å². The first-order chi connectivity index (χ1) is 17.8. The van der Waals surface area contributed by atoms with Crippen molar-refractivity contribution in [3.63, 3.8) is 0 Å². The Morgan fingerprint density at radius 1 is 1.21 bits per heavy atom. The standard InChI is InChI=1S/C30H42O7S/c1-7-28(6)17-24(37-25(32)18-36-38(34,35)22-11-9-19(3)10-12-22)30(8-2)20(4)13-15-29(21(5)27(28)33)16-14-23(31)26(29)30/h7,9-12,20-21,24,26-27,33H,1,8,13-18H2,2-6H3/t20?,21-,24+,26+,27-,28+,29-,30-/m0/s1. The number of carbonyl (C=O) groups is 2. The second-order valence-electron chi connectivity index (χ2n) is 12.2. The zero-order valence-electron chi connectivity index (χ0n) is 23.2. The van der Waals surface area contributed by atoms with Crippen LogP contribution < -0.4 is 0 Å². The van der Waals surface area contributed by atoms with Gasteiger partial charge in [-0.1, -0.05) is 51.5 Å². The topological polar surface area (TPSA) is 107 Å². The fourth-order valence-corrected chi connectivity index (χ4v) is 9.01. The third-order valence-corrected chi connectivity index (χ3v) is 11.8. The van der Waals surface area contributed by atoms with Crippen LogP contribution in [0.3, 0.4) is 0 Å². The summed E-state index contributed by atoms with van der Waals surface area (Å²) in [4.78, 5) is 26.8. The molecule has 1 unspecified atom stereocenters.